The number of likely N-dealkylation sites (tertiary alicyclic amines) is 1. The molecule has 0 spiro atoms. The summed E-state index contributed by atoms with van der Waals surface area (Å²) in [6, 6.07) is 0. The summed E-state index contributed by atoms with van der Waals surface area (Å²) in [5, 5.41) is 9.32. The zero-order valence-corrected chi connectivity index (χ0v) is 9.48. The highest BCUT2D eigenvalue weighted by atomic mass is 16.3. The van der Waals surface area contributed by atoms with E-state index in [-0.39, 0.29) is 12.0 Å². The normalized spacial score (nSPS) is 20.3. The fourth-order valence-corrected chi connectivity index (χ4v) is 1.89. The number of amides is 1. The number of nitrogens with two attached hydrogens (primary N) is 1. The van der Waals surface area contributed by atoms with Crippen molar-refractivity contribution in [3.8, 4) is 0 Å². The average molecular weight is 214 g/mol. The predicted molar refractivity (Wildman–Crippen MR) is 59.3 cm³/mol. The van der Waals surface area contributed by atoms with E-state index in [1.807, 2.05) is 4.90 Å². The third kappa shape index (κ3) is 3.80. The van der Waals surface area contributed by atoms with Crippen LogP contribution >= 0.6 is 0 Å². The molecule has 1 fully saturated rings. The van der Waals surface area contributed by atoms with Crippen LogP contribution in [0.2, 0.25) is 0 Å². The Kier molecular flexibility index (Phi) is 5.05. The Balaban J connectivity index is 2.33. The molecule has 1 unspecified atom stereocenters. The zero-order chi connectivity index (χ0) is 11.3. The van der Waals surface area contributed by atoms with E-state index in [1.165, 1.54) is 0 Å². The smallest absolute Gasteiger partial charge is 0.222 e. The summed E-state index contributed by atoms with van der Waals surface area (Å²) in [6.45, 7) is 4.03. The number of aliphatic hydroxyl groups is 1. The van der Waals surface area contributed by atoms with Gasteiger partial charge in [0.25, 0.3) is 0 Å². The molecule has 1 atom stereocenters. The second-order valence-electron chi connectivity index (χ2n) is 4.33. The molecule has 15 heavy (non-hydrogen) atoms. The lowest BCUT2D eigenvalue weighted by atomic mass is 10.0. The minimum absolute atomic E-state index is 0.194. The highest BCUT2D eigenvalue weighted by molar-refractivity contribution is 5.76. The molecule has 4 heteroatoms. The lowest BCUT2D eigenvalue weighted by Crippen LogP contribution is -2.41. The second kappa shape index (κ2) is 6.08. The molecule has 1 saturated heterocycles. The molecule has 0 bridgehead atoms. The Morgan fingerprint density at radius 1 is 1.53 bits per heavy atom. The van der Waals surface area contributed by atoms with Crippen LogP contribution < -0.4 is 5.73 Å². The molecule has 1 rings (SSSR count). The number of carbonyl (C=O) groups excluding carboxylic acids is 1. The van der Waals surface area contributed by atoms with Gasteiger partial charge in [-0.2, -0.15) is 0 Å². The van der Waals surface area contributed by atoms with Crippen molar-refractivity contribution in [1.82, 2.24) is 4.90 Å². The minimum atomic E-state index is -0.217. The van der Waals surface area contributed by atoms with Gasteiger partial charge in [0.05, 0.1) is 6.10 Å². The largest absolute Gasteiger partial charge is 0.393 e. The van der Waals surface area contributed by atoms with E-state index >= 15 is 0 Å². The van der Waals surface area contributed by atoms with E-state index < -0.39 is 0 Å². The van der Waals surface area contributed by atoms with E-state index in [0.717, 1.165) is 6.42 Å². The second-order valence-corrected chi connectivity index (χ2v) is 4.33. The van der Waals surface area contributed by atoms with Crippen molar-refractivity contribution in [2.24, 2.45) is 11.7 Å². The van der Waals surface area contributed by atoms with Crippen LogP contribution in [0.1, 0.15) is 32.6 Å². The highest BCUT2D eigenvalue weighted by Crippen LogP contribution is 2.14. The Morgan fingerprint density at radius 2 is 2.13 bits per heavy atom. The van der Waals surface area contributed by atoms with Gasteiger partial charge in [0, 0.05) is 19.5 Å². The molecule has 4 nitrogen and oxygen atoms in total. The van der Waals surface area contributed by atoms with Gasteiger partial charge in [-0.1, -0.05) is 13.3 Å². The number of nitrogens with zero attached hydrogens (tertiary/aromatic N) is 1. The van der Waals surface area contributed by atoms with Gasteiger partial charge >= 0.3 is 0 Å². The molecule has 1 heterocycles. The van der Waals surface area contributed by atoms with Gasteiger partial charge in [-0.15, -0.1) is 0 Å². The molecule has 0 aromatic heterocycles. The molecular weight excluding hydrogens is 192 g/mol. The SMILES string of the molecule is CCC(CN)CC(=O)N1CCC(O)CC1. The summed E-state index contributed by atoms with van der Waals surface area (Å²) >= 11 is 0. The van der Waals surface area contributed by atoms with Gasteiger partial charge in [-0.25, -0.2) is 0 Å². The summed E-state index contributed by atoms with van der Waals surface area (Å²) in [5.41, 5.74) is 5.57. The third-order valence-electron chi connectivity index (χ3n) is 3.19. The van der Waals surface area contributed by atoms with Crippen LogP contribution in [0.4, 0.5) is 0 Å². The van der Waals surface area contributed by atoms with Gasteiger partial charge < -0.3 is 15.7 Å². The van der Waals surface area contributed by atoms with E-state index in [4.69, 9.17) is 5.73 Å². The molecular formula is C11H22N2O2. The summed E-state index contributed by atoms with van der Waals surface area (Å²) in [6.07, 6.45) is 2.73. The molecule has 0 aliphatic carbocycles. The number of aliphatic hydroxyl groups excluding tert-OH is 1. The summed E-state index contributed by atoms with van der Waals surface area (Å²) < 4.78 is 0. The molecule has 0 saturated carbocycles. The third-order valence-corrected chi connectivity index (χ3v) is 3.19. The number of rotatable bonds is 4. The topological polar surface area (TPSA) is 66.6 Å². The van der Waals surface area contributed by atoms with Crippen LogP contribution in [-0.4, -0.2) is 41.7 Å². The van der Waals surface area contributed by atoms with Crippen molar-refractivity contribution in [2.45, 2.75) is 38.7 Å². The highest BCUT2D eigenvalue weighted by Gasteiger charge is 2.22. The molecule has 1 aliphatic heterocycles. The van der Waals surface area contributed by atoms with E-state index in [1.54, 1.807) is 0 Å². The Morgan fingerprint density at radius 3 is 2.60 bits per heavy atom. The fourth-order valence-electron chi connectivity index (χ4n) is 1.89. The van der Waals surface area contributed by atoms with Crippen LogP contribution in [0.5, 0.6) is 0 Å². The van der Waals surface area contributed by atoms with Crippen LogP contribution in [0.3, 0.4) is 0 Å². The average Bonchev–Trinajstić information content (AvgIpc) is 2.26. The first-order valence-electron chi connectivity index (χ1n) is 5.83. The van der Waals surface area contributed by atoms with Gasteiger partial charge in [-0.3, -0.25) is 4.79 Å². The minimum Gasteiger partial charge on any atom is -0.393 e. The lowest BCUT2D eigenvalue weighted by Gasteiger charge is -2.30. The molecule has 1 amide bonds. The molecule has 88 valence electrons. The van der Waals surface area contributed by atoms with Crippen LogP contribution in [-0.2, 0) is 4.79 Å². The van der Waals surface area contributed by atoms with Crippen LogP contribution in [0, 0.1) is 5.92 Å². The first-order valence-corrected chi connectivity index (χ1v) is 5.83. The van der Waals surface area contributed by atoms with Crippen molar-refractivity contribution in [1.29, 1.82) is 0 Å². The standard InChI is InChI=1S/C11H22N2O2/c1-2-9(8-12)7-11(15)13-5-3-10(14)4-6-13/h9-10,14H,2-8,12H2,1H3. The van der Waals surface area contributed by atoms with E-state index in [9.17, 15) is 9.90 Å². The fraction of sp³-hybridized carbons (Fsp3) is 0.909. The Bertz CT molecular complexity index is 197. The van der Waals surface area contributed by atoms with Gasteiger partial charge in [0.15, 0.2) is 0 Å². The van der Waals surface area contributed by atoms with Crippen molar-refractivity contribution in [3.63, 3.8) is 0 Å². The number of piperidine rings is 1. The molecule has 3 N–H and O–H groups in total. The maximum atomic E-state index is 11.8. The first-order chi connectivity index (χ1) is 7.17. The van der Waals surface area contributed by atoms with Crippen molar-refractivity contribution >= 4 is 5.91 Å². The van der Waals surface area contributed by atoms with Gasteiger partial charge in [0.2, 0.25) is 5.91 Å². The maximum absolute atomic E-state index is 11.8. The van der Waals surface area contributed by atoms with Gasteiger partial charge in [0.1, 0.15) is 0 Å². The Labute approximate surface area is 91.4 Å². The van der Waals surface area contributed by atoms with Gasteiger partial charge in [-0.05, 0) is 25.3 Å². The van der Waals surface area contributed by atoms with Crippen molar-refractivity contribution in [2.75, 3.05) is 19.6 Å². The number of hydrogen-bond acceptors (Lipinski definition) is 3. The quantitative estimate of drug-likeness (QED) is 0.709. The summed E-state index contributed by atoms with van der Waals surface area (Å²) in [4.78, 5) is 13.7. The molecule has 1 aliphatic rings. The van der Waals surface area contributed by atoms with E-state index in [2.05, 4.69) is 6.92 Å². The Hall–Kier alpha value is -0.610. The summed E-state index contributed by atoms with van der Waals surface area (Å²) in [5.74, 6) is 0.503. The number of hydrogen-bond donors (Lipinski definition) is 2. The summed E-state index contributed by atoms with van der Waals surface area (Å²) in [7, 11) is 0. The lowest BCUT2D eigenvalue weighted by molar-refractivity contribution is -0.134. The van der Waals surface area contributed by atoms with Crippen molar-refractivity contribution < 1.29 is 9.90 Å². The van der Waals surface area contributed by atoms with Crippen LogP contribution in [0.25, 0.3) is 0 Å². The maximum Gasteiger partial charge on any atom is 0.222 e. The first kappa shape index (κ1) is 12.5. The zero-order valence-electron chi connectivity index (χ0n) is 9.48. The van der Waals surface area contributed by atoms with Crippen LogP contribution in [0.15, 0.2) is 0 Å². The predicted octanol–water partition coefficient (Wildman–Crippen LogP) is 0.345. The molecule has 0 aromatic carbocycles. The monoisotopic (exact) mass is 214 g/mol. The van der Waals surface area contributed by atoms with Crippen molar-refractivity contribution in [3.05, 3.63) is 0 Å². The van der Waals surface area contributed by atoms with E-state index in [0.29, 0.717) is 44.8 Å². The molecule has 0 radical (unpaired) electrons. The molecule has 0 aromatic rings. The number of carbonyl (C=O) groups is 1.